The van der Waals surface area contributed by atoms with Gasteiger partial charge in [0, 0.05) is 18.1 Å². The smallest absolute Gasteiger partial charge is 0.119 e. The fraction of sp³-hybridized carbons (Fsp3) is 0.571. The molecule has 1 aliphatic heterocycles. The molecule has 4 nitrogen and oxygen atoms in total. The van der Waals surface area contributed by atoms with Crippen LogP contribution >= 0.6 is 0 Å². The Morgan fingerprint density at radius 2 is 2.16 bits per heavy atom. The van der Waals surface area contributed by atoms with Gasteiger partial charge in [0.1, 0.15) is 5.75 Å². The third-order valence-electron chi connectivity index (χ3n) is 5.77. The SMILES string of the molecule is CC[C@H]1CN(C)CC[C@H]1CC[C@@H](O)c1ccnc2ccc(OC)cc12. The lowest BCUT2D eigenvalue weighted by Crippen LogP contribution is -2.37. The van der Waals surface area contributed by atoms with Crippen LogP contribution in [0.4, 0.5) is 0 Å². The molecule has 2 heterocycles. The molecule has 2 aromatic rings. The number of likely N-dealkylation sites (tertiary alicyclic amines) is 1. The number of ether oxygens (including phenoxy) is 1. The minimum atomic E-state index is -0.449. The molecule has 3 atom stereocenters. The first-order chi connectivity index (χ1) is 12.1. The number of rotatable bonds is 6. The number of hydrogen-bond acceptors (Lipinski definition) is 4. The van der Waals surface area contributed by atoms with Gasteiger partial charge in [-0.2, -0.15) is 0 Å². The van der Waals surface area contributed by atoms with Crippen LogP contribution in [0.5, 0.6) is 5.75 Å². The quantitative estimate of drug-likeness (QED) is 0.861. The van der Waals surface area contributed by atoms with E-state index in [9.17, 15) is 5.11 Å². The molecule has 1 saturated heterocycles. The van der Waals surface area contributed by atoms with E-state index in [1.165, 1.54) is 25.9 Å². The van der Waals surface area contributed by atoms with E-state index in [0.717, 1.165) is 46.9 Å². The summed E-state index contributed by atoms with van der Waals surface area (Å²) in [6.07, 6.45) is 5.70. The summed E-state index contributed by atoms with van der Waals surface area (Å²) in [6.45, 7) is 4.65. The molecule has 0 aliphatic carbocycles. The first-order valence-corrected chi connectivity index (χ1v) is 9.41. The Kier molecular flexibility index (Phi) is 5.92. The van der Waals surface area contributed by atoms with E-state index in [2.05, 4.69) is 23.9 Å². The van der Waals surface area contributed by atoms with Gasteiger partial charge < -0.3 is 14.7 Å². The van der Waals surface area contributed by atoms with Gasteiger partial charge in [0.05, 0.1) is 18.7 Å². The fourth-order valence-electron chi connectivity index (χ4n) is 4.20. The normalized spacial score (nSPS) is 22.9. The summed E-state index contributed by atoms with van der Waals surface area (Å²) in [7, 11) is 3.88. The van der Waals surface area contributed by atoms with Gasteiger partial charge in [-0.3, -0.25) is 4.98 Å². The van der Waals surface area contributed by atoms with Crippen molar-refractivity contribution in [1.82, 2.24) is 9.88 Å². The minimum absolute atomic E-state index is 0.449. The Labute approximate surface area is 150 Å². The van der Waals surface area contributed by atoms with Crippen molar-refractivity contribution in [1.29, 1.82) is 0 Å². The van der Waals surface area contributed by atoms with E-state index in [0.29, 0.717) is 0 Å². The molecule has 136 valence electrons. The van der Waals surface area contributed by atoms with Crippen molar-refractivity contribution in [3.63, 3.8) is 0 Å². The van der Waals surface area contributed by atoms with Crippen molar-refractivity contribution >= 4 is 10.9 Å². The summed E-state index contributed by atoms with van der Waals surface area (Å²) in [5.41, 5.74) is 1.87. The predicted molar refractivity (Wildman–Crippen MR) is 102 cm³/mol. The molecule has 25 heavy (non-hydrogen) atoms. The van der Waals surface area contributed by atoms with E-state index >= 15 is 0 Å². The van der Waals surface area contributed by atoms with Crippen molar-refractivity contribution in [3.8, 4) is 5.75 Å². The van der Waals surface area contributed by atoms with Gasteiger partial charge in [-0.15, -0.1) is 0 Å². The van der Waals surface area contributed by atoms with Gasteiger partial charge in [0.15, 0.2) is 0 Å². The van der Waals surface area contributed by atoms with Crippen molar-refractivity contribution in [2.45, 2.75) is 38.7 Å². The van der Waals surface area contributed by atoms with Crippen LogP contribution in [0.25, 0.3) is 10.9 Å². The molecule has 1 N–H and O–H groups in total. The monoisotopic (exact) mass is 342 g/mol. The Morgan fingerprint density at radius 1 is 1.32 bits per heavy atom. The Hall–Kier alpha value is -1.65. The van der Waals surface area contributed by atoms with Crippen molar-refractivity contribution in [3.05, 3.63) is 36.0 Å². The van der Waals surface area contributed by atoms with Crippen LogP contribution in [0.1, 0.15) is 44.3 Å². The molecule has 0 amide bonds. The van der Waals surface area contributed by atoms with Gasteiger partial charge in [0.25, 0.3) is 0 Å². The lowest BCUT2D eigenvalue weighted by Gasteiger charge is -2.36. The van der Waals surface area contributed by atoms with E-state index in [1.807, 2.05) is 24.3 Å². The number of benzene rings is 1. The average molecular weight is 342 g/mol. The van der Waals surface area contributed by atoms with E-state index in [1.54, 1.807) is 13.3 Å². The minimum Gasteiger partial charge on any atom is -0.497 e. The molecule has 1 aliphatic rings. The van der Waals surface area contributed by atoms with E-state index < -0.39 is 6.10 Å². The number of aliphatic hydroxyl groups is 1. The number of nitrogens with zero attached hydrogens (tertiary/aromatic N) is 2. The molecule has 3 rings (SSSR count). The number of aromatic nitrogens is 1. The van der Waals surface area contributed by atoms with Crippen molar-refractivity contribution < 1.29 is 9.84 Å². The molecule has 1 aromatic carbocycles. The topological polar surface area (TPSA) is 45.6 Å². The summed E-state index contributed by atoms with van der Waals surface area (Å²) in [5.74, 6) is 2.27. The lowest BCUT2D eigenvalue weighted by molar-refractivity contribution is 0.105. The summed E-state index contributed by atoms with van der Waals surface area (Å²) in [6, 6.07) is 7.79. The van der Waals surface area contributed by atoms with Crippen LogP contribution in [0, 0.1) is 11.8 Å². The first-order valence-electron chi connectivity index (χ1n) is 9.41. The summed E-state index contributed by atoms with van der Waals surface area (Å²) in [5, 5.41) is 11.8. The number of piperidine rings is 1. The zero-order valence-electron chi connectivity index (χ0n) is 15.6. The summed E-state index contributed by atoms with van der Waals surface area (Å²) in [4.78, 5) is 6.85. The van der Waals surface area contributed by atoms with Gasteiger partial charge in [-0.05, 0) is 74.5 Å². The molecule has 0 bridgehead atoms. The van der Waals surface area contributed by atoms with Gasteiger partial charge in [-0.1, -0.05) is 13.3 Å². The lowest BCUT2D eigenvalue weighted by atomic mass is 9.80. The molecule has 0 radical (unpaired) electrons. The number of aliphatic hydroxyl groups excluding tert-OH is 1. The summed E-state index contributed by atoms with van der Waals surface area (Å²) < 4.78 is 5.34. The Morgan fingerprint density at radius 3 is 2.92 bits per heavy atom. The van der Waals surface area contributed by atoms with Crippen LogP contribution in [0.15, 0.2) is 30.5 Å². The molecule has 1 aromatic heterocycles. The highest BCUT2D eigenvalue weighted by Crippen LogP contribution is 2.34. The predicted octanol–water partition coefficient (Wildman–Crippen LogP) is 4.03. The zero-order chi connectivity index (χ0) is 17.8. The van der Waals surface area contributed by atoms with Crippen LogP contribution in [-0.4, -0.2) is 42.2 Å². The number of fused-ring (bicyclic) bond motifs is 1. The first kappa shape index (κ1) is 18.2. The van der Waals surface area contributed by atoms with Crippen LogP contribution in [0.2, 0.25) is 0 Å². The summed E-state index contributed by atoms with van der Waals surface area (Å²) >= 11 is 0. The number of methoxy groups -OCH3 is 1. The second-order valence-electron chi connectivity index (χ2n) is 7.36. The second-order valence-corrected chi connectivity index (χ2v) is 7.36. The largest absolute Gasteiger partial charge is 0.497 e. The van der Waals surface area contributed by atoms with Gasteiger partial charge >= 0.3 is 0 Å². The number of hydrogen-bond donors (Lipinski definition) is 1. The molecule has 4 heteroatoms. The maximum atomic E-state index is 10.8. The second kappa shape index (κ2) is 8.15. The maximum Gasteiger partial charge on any atom is 0.119 e. The molecule has 1 fully saturated rings. The average Bonchev–Trinajstić information content (AvgIpc) is 2.65. The van der Waals surface area contributed by atoms with Crippen molar-refractivity contribution in [2.75, 3.05) is 27.2 Å². The van der Waals surface area contributed by atoms with E-state index in [-0.39, 0.29) is 0 Å². The highest BCUT2D eigenvalue weighted by atomic mass is 16.5. The molecule has 0 unspecified atom stereocenters. The van der Waals surface area contributed by atoms with Crippen LogP contribution in [-0.2, 0) is 0 Å². The third-order valence-corrected chi connectivity index (χ3v) is 5.77. The molecule has 0 saturated carbocycles. The Bertz CT molecular complexity index is 703. The zero-order valence-corrected chi connectivity index (χ0v) is 15.6. The fourth-order valence-corrected chi connectivity index (χ4v) is 4.20. The number of pyridine rings is 1. The molecule has 0 spiro atoms. The van der Waals surface area contributed by atoms with Gasteiger partial charge in [0.2, 0.25) is 0 Å². The highest BCUT2D eigenvalue weighted by molar-refractivity contribution is 5.83. The Balaban J connectivity index is 1.73. The van der Waals surface area contributed by atoms with Gasteiger partial charge in [-0.25, -0.2) is 0 Å². The van der Waals surface area contributed by atoms with Crippen LogP contribution < -0.4 is 4.74 Å². The molecular weight excluding hydrogens is 312 g/mol. The third kappa shape index (κ3) is 4.13. The highest BCUT2D eigenvalue weighted by Gasteiger charge is 2.27. The standard InChI is InChI=1S/C21H30N2O2/c1-4-15-14-23(2)12-10-16(15)5-8-21(24)18-9-11-22-20-7-6-17(25-3)13-19(18)20/h6-7,9,11,13,15-16,21,24H,4-5,8,10,12,14H2,1-3H3/t15-,16+,21+/m0/s1. The van der Waals surface area contributed by atoms with Crippen LogP contribution in [0.3, 0.4) is 0 Å². The maximum absolute atomic E-state index is 10.8. The molecular formula is C21H30N2O2. The van der Waals surface area contributed by atoms with E-state index in [4.69, 9.17) is 4.74 Å². The van der Waals surface area contributed by atoms with Crippen molar-refractivity contribution in [2.24, 2.45) is 11.8 Å².